The molecule has 0 aliphatic carbocycles. The Hall–Kier alpha value is -3.07. The molecular formula is C20H21F2N5O2. The number of aromatic nitrogens is 3. The van der Waals surface area contributed by atoms with Crippen LogP contribution in [0.25, 0.3) is 16.7 Å². The van der Waals surface area contributed by atoms with Gasteiger partial charge in [0, 0.05) is 62.5 Å². The summed E-state index contributed by atoms with van der Waals surface area (Å²) in [6.45, 7) is 4.91. The van der Waals surface area contributed by atoms with E-state index in [2.05, 4.69) is 20.2 Å². The molecule has 0 unspecified atom stereocenters. The smallest absolute Gasteiger partial charge is 0.270 e. The lowest BCUT2D eigenvalue weighted by Gasteiger charge is -2.28. The van der Waals surface area contributed by atoms with E-state index in [1.165, 1.54) is 25.3 Å². The number of nitrogens with one attached hydrogen (secondary N) is 1. The molecule has 3 aromatic rings. The molecule has 1 aliphatic rings. The summed E-state index contributed by atoms with van der Waals surface area (Å²) in [6, 6.07) is 4.41. The van der Waals surface area contributed by atoms with Gasteiger partial charge in [0.05, 0.1) is 24.4 Å². The summed E-state index contributed by atoms with van der Waals surface area (Å²) in [6.07, 6.45) is 4.92. The maximum Gasteiger partial charge on any atom is 0.270 e. The minimum absolute atomic E-state index is 0.117. The van der Waals surface area contributed by atoms with Crippen molar-refractivity contribution in [3.05, 3.63) is 42.4 Å². The molecule has 0 bridgehead atoms. The molecule has 3 aromatic heterocycles. The standard InChI is InChI=1S/C20H21F2N5O2/c1-13(28)25-18-10-16-15(11-24-18)17(26-5-7-29-8-6-26)12-27(16)19-9-14(3-4-23-19)20(2,21)22/h3-4,9-12H,5-8H2,1-2H3,(H,24,25,28). The second-order valence-electron chi connectivity index (χ2n) is 7.04. The summed E-state index contributed by atoms with van der Waals surface area (Å²) >= 11 is 0. The van der Waals surface area contributed by atoms with Crippen LogP contribution in [0.1, 0.15) is 19.4 Å². The van der Waals surface area contributed by atoms with E-state index in [1.54, 1.807) is 16.8 Å². The number of morpholine rings is 1. The summed E-state index contributed by atoms with van der Waals surface area (Å²) in [5.41, 5.74) is 1.52. The number of ether oxygens (including phenoxy) is 1. The number of fused-ring (bicyclic) bond motifs is 1. The quantitative estimate of drug-likeness (QED) is 0.726. The first-order valence-corrected chi connectivity index (χ1v) is 9.29. The number of amides is 1. The zero-order chi connectivity index (χ0) is 20.6. The molecule has 1 amide bonds. The normalized spacial score (nSPS) is 15.0. The monoisotopic (exact) mass is 401 g/mol. The van der Waals surface area contributed by atoms with Gasteiger partial charge in [0.15, 0.2) is 0 Å². The third kappa shape index (κ3) is 3.91. The Bertz CT molecular complexity index is 1050. The van der Waals surface area contributed by atoms with E-state index in [1.807, 2.05) is 6.20 Å². The van der Waals surface area contributed by atoms with Crippen LogP contribution in [-0.4, -0.2) is 46.7 Å². The van der Waals surface area contributed by atoms with E-state index in [4.69, 9.17) is 4.74 Å². The number of hydrogen-bond donors (Lipinski definition) is 1. The average molecular weight is 401 g/mol. The lowest BCUT2D eigenvalue weighted by Crippen LogP contribution is -2.36. The molecule has 7 nitrogen and oxygen atoms in total. The van der Waals surface area contributed by atoms with E-state index in [0.29, 0.717) is 43.5 Å². The van der Waals surface area contributed by atoms with E-state index in [-0.39, 0.29) is 11.5 Å². The second kappa shape index (κ2) is 7.40. The van der Waals surface area contributed by atoms with Gasteiger partial charge in [-0.25, -0.2) is 18.7 Å². The molecule has 1 fully saturated rings. The maximum absolute atomic E-state index is 13.9. The van der Waals surface area contributed by atoms with Crippen LogP contribution in [0.3, 0.4) is 0 Å². The molecule has 9 heteroatoms. The zero-order valence-electron chi connectivity index (χ0n) is 16.2. The number of carbonyl (C=O) groups is 1. The van der Waals surface area contributed by atoms with E-state index in [9.17, 15) is 13.6 Å². The third-order valence-electron chi connectivity index (χ3n) is 4.82. The minimum atomic E-state index is -2.98. The van der Waals surface area contributed by atoms with Crippen molar-refractivity contribution in [1.82, 2.24) is 14.5 Å². The molecule has 1 N–H and O–H groups in total. The molecule has 0 radical (unpaired) electrons. The molecule has 0 saturated carbocycles. The summed E-state index contributed by atoms with van der Waals surface area (Å²) in [5, 5.41) is 3.51. The van der Waals surface area contributed by atoms with E-state index < -0.39 is 5.92 Å². The maximum atomic E-state index is 13.9. The number of halogens is 2. The average Bonchev–Trinajstić information content (AvgIpc) is 3.06. The minimum Gasteiger partial charge on any atom is -0.378 e. The van der Waals surface area contributed by atoms with Crippen LogP contribution in [0.5, 0.6) is 0 Å². The Morgan fingerprint density at radius 1 is 1.24 bits per heavy atom. The second-order valence-corrected chi connectivity index (χ2v) is 7.04. The number of hydrogen-bond acceptors (Lipinski definition) is 5. The zero-order valence-corrected chi connectivity index (χ0v) is 16.2. The number of nitrogens with zero attached hydrogens (tertiary/aromatic N) is 4. The van der Waals surface area contributed by atoms with Crippen LogP contribution in [-0.2, 0) is 15.5 Å². The van der Waals surface area contributed by atoms with Crippen LogP contribution in [0.4, 0.5) is 20.3 Å². The van der Waals surface area contributed by atoms with Crippen molar-refractivity contribution in [2.24, 2.45) is 0 Å². The predicted molar refractivity (Wildman–Crippen MR) is 106 cm³/mol. The Kier molecular flexibility index (Phi) is 4.91. The first-order valence-electron chi connectivity index (χ1n) is 9.29. The number of rotatable bonds is 4. The predicted octanol–water partition coefficient (Wildman–Crippen LogP) is 3.33. The largest absolute Gasteiger partial charge is 0.378 e. The van der Waals surface area contributed by atoms with E-state index >= 15 is 0 Å². The third-order valence-corrected chi connectivity index (χ3v) is 4.82. The summed E-state index contributed by atoms with van der Waals surface area (Å²) in [7, 11) is 0. The SMILES string of the molecule is CC(=O)Nc1cc2c(cn1)c(N1CCOCC1)cn2-c1cc(C(C)(F)F)ccn1. The van der Waals surface area contributed by atoms with Gasteiger partial charge in [0.1, 0.15) is 11.6 Å². The molecule has 0 atom stereocenters. The van der Waals surface area contributed by atoms with Crippen molar-refractivity contribution in [3.8, 4) is 5.82 Å². The van der Waals surface area contributed by atoms with Gasteiger partial charge in [-0.1, -0.05) is 0 Å². The topological polar surface area (TPSA) is 72.3 Å². The lowest BCUT2D eigenvalue weighted by atomic mass is 10.1. The fraction of sp³-hybridized carbons (Fsp3) is 0.350. The fourth-order valence-electron chi connectivity index (χ4n) is 3.42. The van der Waals surface area contributed by atoms with Crippen molar-refractivity contribution < 1.29 is 18.3 Å². The van der Waals surface area contributed by atoms with Gasteiger partial charge in [-0.3, -0.25) is 9.36 Å². The molecule has 0 aromatic carbocycles. The summed E-state index contributed by atoms with van der Waals surface area (Å²) < 4.78 is 34.9. The first-order chi connectivity index (χ1) is 13.8. The van der Waals surface area contributed by atoms with Gasteiger partial charge >= 0.3 is 0 Å². The first kappa shape index (κ1) is 19.3. The number of alkyl halides is 2. The Labute approximate surface area is 166 Å². The van der Waals surface area contributed by atoms with Crippen LogP contribution < -0.4 is 10.2 Å². The molecule has 4 heterocycles. The summed E-state index contributed by atoms with van der Waals surface area (Å²) in [4.78, 5) is 22.2. The van der Waals surface area contributed by atoms with Gasteiger partial charge in [-0.2, -0.15) is 0 Å². The number of anilines is 2. The van der Waals surface area contributed by atoms with Gasteiger partial charge in [0.2, 0.25) is 5.91 Å². The van der Waals surface area contributed by atoms with Gasteiger partial charge < -0.3 is 15.0 Å². The van der Waals surface area contributed by atoms with Crippen molar-refractivity contribution in [3.63, 3.8) is 0 Å². The molecule has 0 spiro atoms. The number of carbonyl (C=O) groups excluding carboxylic acids is 1. The molecule has 1 aliphatic heterocycles. The Morgan fingerprint density at radius 3 is 2.69 bits per heavy atom. The van der Waals surface area contributed by atoms with Crippen molar-refractivity contribution in [2.75, 3.05) is 36.5 Å². The van der Waals surface area contributed by atoms with Crippen molar-refractivity contribution in [1.29, 1.82) is 0 Å². The van der Waals surface area contributed by atoms with Gasteiger partial charge in [0.25, 0.3) is 5.92 Å². The number of pyridine rings is 2. The Balaban J connectivity index is 1.88. The van der Waals surface area contributed by atoms with Crippen molar-refractivity contribution >= 4 is 28.3 Å². The molecule has 29 heavy (non-hydrogen) atoms. The molecule has 4 rings (SSSR count). The van der Waals surface area contributed by atoms with Crippen LogP contribution in [0.15, 0.2) is 36.8 Å². The fourth-order valence-corrected chi connectivity index (χ4v) is 3.42. The van der Waals surface area contributed by atoms with Crippen LogP contribution in [0.2, 0.25) is 0 Å². The highest BCUT2D eigenvalue weighted by Crippen LogP contribution is 2.34. The van der Waals surface area contributed by atoms with Gasteiger partial charge in [-0.15, -0.1) is 0 Å². The molecule has 152 valence electrons. The van der Waals surface area contributed by atoms with Crippen molar-refractivity contribution in [2.45, 2.75) is 19.8 Å². The highest BCUT2D eigenvalue weighted by atomic mass is 19.3. The van der Waals surface area contributed by atoms with Crippen LogP contribution in [0, 0.1) is 0 Å². The highest BCUT2D eigenvalue weighted by Gasteiger charge is 2.26. The Morgan fingerprint density at radius 2 is 2.00 bits per heavy atom. The highest BCUT2D eigenvalue weighted by molar-refractivity contribution is 5.97. The summed E-state index contributed by atoms with van der Waals surface area (Å²) in [5.74, 6) is -2.46. The van der Waals surface area contributed by atoms with Gasteiger partial charge in [-0.05, 0) is 12.1 Å². The molecular weight excluding hydrogens is 380 g/mol. The van der Waals surface area contributed by atoms with E-state index in [0.717, 1.165) is 18.0 Å². The lowest BCUT2D eigenvalue weighted by molar-refractivity contribution is -0.114. The van der Waals surface area contributed by atoms with Crippen LogP contribution >= 0.6 is 0 Å². The molecule has 1 saturated heterocycles.